The van der Waals surface area contributed by atoms with Crippen molar-refractivity contribution < 1.29 is 8.42 Å². The van der Waals surface area contributed by atoms with Crippen LogP contribution < -0.4 is 5.73 Å². The van der Waals surface area contributed by atoms with Gasteiger partial charge in [0.2, 0.25) is 0 Å². The highest BCUT2D eigenvalue weighted by atomic mass is 32.2. The Hall–Kier alpha value is -0.0900. The molecule has 2 saturated carbocycles. The third-order valence-electron chi connectivity index (χ3n) is 5.51. The summed E-state index contributed by atoms with van der Waals surface area (Å²) in [5, 5.41) is -0.422. The van der Waals surface area contributed by atoms with E-state index in [9.17, 15) is 8.42 Å². The predicted molar refractivity (Wildman–Crippen MR) is 84.4 cm³/mol. The Kier molecular flexibility index (Phi) is 4.85. The average molecular weight is 301 g/mol. The van der Waals surface area contributed by atoms with Gasteiger partial charge in [-0.15, -0.1) is 0 Å². The SMILES string of the molecule is CC(C)(C)C1CCC(N)C(S(=O)(=O)C2CCCCC2)C1. The van der Waals surface area contributed by atoms with Crippen molar-refractivity contribution in [1.82, 2.24) is 0 Å². The van der Waals surface area contributed by atoms with Gasteiger partial charge in [-0.05, 0) is 43.4 Å². The smallest absolute Gasteiger partial charge is 0.157 e. The summed E-state index contributed by atoms with van der Waals surface area (Å²) in [6, 6.07) is -0.152. The minimum atomic E-state index is -3.05. The van der Waals surface area contributed by atoms with E-state index in [1.54, 1.807) is 0 Å². The summed E-state index contributed by atoms with van der Waals surface area (Å²) in [5.41, 5.74) is 6.38. The summed E-state index contributed by atoms with van der Waals surface area (Å²) in [6.07, 6.45) is 7.72. The molecule has 3 nitrogen and oxygen atoms in total. The van der Waals surface area contributed by atoms with Crippen LogP contribution in [0.3, 0.4) is 0 Å². The van der Waals surface area contributed by atoms with E-state index in [2.05, 4.69) is 20.8 Å². The van der Waals surface area contributed by atoms with Crippen molar-refractivity contribution >= 4 is 9.84 Å². The van der Waals surface area contributed by atoms with Crippen LogP contribution >= 0.6 is 0 Å². The standard InChI is InChI=1S/C16H31NO2S/c1-16(2,3)12-9-10-14(17)15(11-12)20(18,19)13-7-5-4-6-8-13/h12-15H,4-11,17H2,1-3H3. The van der Waals surface area contributed by atoms with Gasteiger partial charge in [-0.1, -0.05) is 40.0 Å². The first-order valence-corrected chi connectivity index (χ1v) is 9.82. The maximum Gasteiger partial charge on any atom is 0.157 e. The zero-order chi connectivity index (χ0) is 15.0. The second kappa shape index (κ2) is 5.96. The Bertz CT molecular complexity index is 418. The molecule has 118 valence electrons. The first-order chi connectivity index (χ1) is 9.23. The van der Waals surface area contributed by atoms with Crippen LogP contribution in [0.25, 0.3) is 0 Å². The van der Waals surface area contributed by atoms with Crippen molar-refractivity contribution in [2.45, 2.75) is 88.7 Å². The molecule has 0 saturated heterocycles. The second-order valence-corrected chi connectivity index (χ2v) is 10.4. The minimum Gasteiger partial charge on any atom is -0.327 e. The van der Waals surface area contributed by atoms with Crippen LogP contribution in [0.4, 0.5) is 0 Å². The second-order valence-electron chi connectivity index (χ2n) is 7.93. The first-order valence-electron chi connectivity index (χ1n) is 8.21. The molecule has 0 aliphatic heterocycles. The summed E-state index contributed by atoms with van der Waals surface area (Å²) >= 11 is 0. The molecular formula is C16H31NO2S. The molecule has 2 fully saturated rings. The maximum atomic E-state index is 12.9. The molecule has 2 rings (SSSR count). The van der Waals surface area contributed by atoms with E-state index in [0.29, 0.717) is 5.92 Å². The molecular weight excluding hydrogens is 270 g/mol. The van der Waals surface area contributed by atoms with E-state index in [1.165, 1.54) is 6.42 Å². The molecule has 3 unspecified atom stereocenters. The monoisotopic (exact) mass is 301 g/mol. The van der Waals surface area contributed by atoms with Gasteiger partial charge < -0.3 is 5.73 Å². The molecule has 0 aromatic heterocycles. The Morgan fingerprint density at radius 3 is 2.10 bits per heavy atom. The fourth-order valence-corrected chi connectivity index (χ4v) is 6.57. The van der Waals surface area contributed by atoms with Gasteiger partial charge in [0.25, 0.3) is 0 Å². The lowest BCUT2D eigenvalue weighted by Crippen LogP contribution is -2.50. The van der Waals surface area contributed by atoms with E-state index < -0.39 is 9.84 Å². The lowest BCUT2D eigenvalue weighted by Gasteiger charge is -2.41. The van der Waals surface area contributed by atoms with Crippen molar-refractivity contribution in [2.24, 2.45) is 17.1 Å². The molecule has 4 heteroatoms. The zero-order valence-corrected chi connectivity index (χ0v) is 14.1. The van der Waals surface area contributed by atoms with E-state index in [1.807, 2.05) is 0 Å². The Labute approximate surface area is 124 Å². The van der Waals surface area contributed by atoms with Gasteiger partial charge in [0.15, 0.2) is 9.84 Å². The predicted octanol–water partition coefficient (Wildman–Crippen LogP) is 3.28. The normalized spacial score (nSPS) is 34.1. The van der Waals surface area contributed by atoms with Crippen molar-refractivity contribution in [3.8, 4) is 0 Å². The van der Waals surface area contributed by atoms with Gasteiger partial charge in [0.05, 0.1) is 10.5 Å². The van der Waals surface area contributed by atoms with Crippen molar-refractivity contribution in [2.75, 3.05) is 0 Å². The summed E-state index contributed by atoms with van der Waals surface area (Å²) in [6.45, 7) is 6.66. The van der Waals surface area contributed by atoms with Gasteiger partial charge in [0.1, 0.15) is 0 Å². The van der Waals surface area contributed by atoms with Crippen LogP contribution in [0.5, 0.6) is 0 Å². The molecule has 2 N–H and O–H groups in total. The largest absolute Gasteiger partial charge is 0.327 e. The topological polar surface area (TPSA) is 60.2 Å². The zero-order valence-electron chi connectivity index (χ0n) is 13.3. The lowest BCUT2D eigenvalue weighted by molar-refractivity contribution is 0.171. The van der Waals surface area contributed by atoms with Gasteiger partial charge in [-0.25, -0.2) is 8.42 Å². The number of hydrogen-bond acceptors (Lipinski definition) is 3. The van der Waals surface area contributed by atoms with E-state index in [-0.39, 0.29) is 22.0 Å². The molecule has 0 aromatic rings. The highest BCUT2D eigenvalue weighted by Gasteiger charge is 2.43. The van der Waals surface area contributed by atoms with E-state index >= 15 is 0 Å². The Balaban J connectivity index is 2.15. The number of sulfone groups is 1. The first kappa shape index (κ1) is 16.3. The van der Waals surface area contributed by atoms with E-state index in [0.717, 1.165) is 44.9 Å². The number of rotatable bonds is 2. The Morgan fingerprint density at radius 2 is 1.55 bits per heavy atom. The molecule has 2 aliphatic rings. The van der Waals surface area contributed by atoms with Crippen LogP contribution in [0.1, 0.15) is 72.1 Å². The highest BCUT2D eigenvalue weighted by molar-refractivity contribution is 7.92. The third-order valence-corrected chi connectivity index (χ3v) is 8.29. The summed E-state index contributed by atoms with van der Waals surface area (Å²) in [4.78, 5) is 0. The fraction of sp³-hybridized carbons (Fsp3) is 1.00. The summed E-state index contributed by atoms with van der Waals surface area (Å²) in [7, 11) is -3.05. The van der Waals surface area contributed by atoms with Crippen molar-refractivity contribution in [3.05, 3.63) is 0 Å². The van der Waals surface area contributed by atoms with Gasteiger partial charge in [-0.3, -0.25) is 0 Å². The van der Waals surface area contributed by atoms with Crippen molar-refractivity contribution in [1.29, 1.82) is 0 Å². The average Bonchev–Trinajstić information content (AvgIpc) is 2.38. The third kappa shape index (κ3) is 3.38. The molecule has 0 bridgehead atoms. The van der Waals surface area contributed by atoms with Gasteiger partial charge in [-0.2, -0.15) is 0 Å². The van der Waals surface area contributed by atoms with Crippen LogP contribution in [0.2, 0.25) is 0 Å². The number of nitrogens with two attached hydrogens (primary N) is 1. The molecule has 2 aliphatic carbocycles. The quantitative estimate of drug-likeness (QED) is 0.851. The minimum absolute atomic E-state index is 0.119. The molecule has 0 amide bonds. The maximum absolute atomic E-state index is 12.9. The molecule has 3 atom stereocenters. The van der Waals surface area contributed by atoms with Gasteiger partial charge in [0, 0.05) is 6.04 Å². The number of hydrogen-bond donors (Lipinski definition) is 1. The van der Waals surface area contributed by atoms with Crippen LogP contribution in [0.15, 0.2) is 0 Å². The molecule has 0 radical (unpaired) electrons. The fourth-order valence-electron chi connectivity index (χ4n) is 3.96. The summed E-state index contributed by atoms with van der Waals surface area (Å²) < 4.78 is 25.9. The van der Waals surface area contributed by atoms with Crippen LogP contribution in [-0.4, -0.2) is 25.0 Å². The van der Waals surface area contributed by atoms with Crippen molar-refractivity contribution in [3.63, 3.8) is 0 Å². The molecule has 0 spiro atoms. The lowest BCUT2D eigenvalue weighted by atomic mass is 9.71. The molecule has 0 aromatic carbocycles. The van der Waals surface area contributed by atoms with E-state index in [4.69, 9.17) is 5.73 Å². The van der Waals surface area contributed by atoms with Gasteiger partial charge >= 0.3 is 0 Å². The molecule has 20 heavy (non-hydrogen) atoms. The summed E-state index contributed by atoms with van der Waals surface area (Å²) in [5.74, 6) is 0.477. The molecule has 0 heterocycles. The van der Waals surface area contributed by atoms with Crippen LogP contribution in [-0.2, 0) is 9.84 Å². The van der Waals surface area contributed by atoms with Crippen LogP contribution in [0, 0.1) is 11.3 Å². The highest BCUT2D eigenvalue weighted by Crippen LogP contribution is 2.41. The Morgan fingerprint density at radius 1 is 0.950 bits per heavy atom.